The molecule has 1 saturated heterocycles. The molecule has 2 heterocycles. The van der Waals surface area contributed by atoms with Crippen LogP contribution in [0.4, 0.5) is 5.69 Å². The van der Waals surface area contributed by atoms with E-state index in [-0.39, 0.29) is 23.2 Å². The lowest BCUT2D eigenvalue weighted by atomic mass is 9.98. The molecule has 2 N–H and O–H groups in total. The number of nitro groups is 1. The summed E-state index contributed by atoms with van der Waals surface area (Å²) in [5.74, 6) is -1.68. The number of carbonyl (C=O) groups excluding carboxylic acids is 2. The summed E-state index contributed by atoms with van der Waals surface area (Å²) in [5, 5.41) is 22.4. The normalized spacial score (nSPS) is 21.4. The molecule has 176 valence electrons. The highest BCUT2D eigenvalue weighted by molar-refractivity contribution is 8.00. The smallest absolute Gasteiger partial charge is 0.352 e. The van der Waals surface area contributed by atoms with Crippen LogP contribution in [0.3, 0.4) is 0 Å². The van der Waals surface area contributed by atoms with Gasteiger partial charge in [0.15, 0.2) is 6.61 Å². The summed E-state index contributed by atoms with van der Waals surface area (Å²) in [7, 11) is 0. The fourth-order valence-corrected chi connectivity index (χ4v) is 5.52. The molecule has 2 aliphatic rings. The second-order valence-corrected chi connectivity index (χ2v) is 9.16. The Morgan fingerprint density at radius 1 is 1.18 bits per heavy atom. The number of nitrogens with one attached hydrogen (secondary N) is 1. The van der Waals surface area contributed by atoms with Gasteiger partial charge >= 0.3 is 5.97 Å². The fourth-order valence-electron chi connectivity index (χ4n) is 3.91. The van der Waals surface area contributed by atoms with E-state index in [1.807, 2.05) is 6.07 Å². The van der Waals surface area contributed by atoms with Crippen molar-refractivity contribution in [3.8, 4) is 5.75 Å². The molecule has 11 heteroatoms. The van der Waals surface area contributed by atoms with Crippen LogP contribution in [-0.2, 0) is 20.8 Å². The van der Waals surface area contributed by atoms with Crippen molar-refractivity contribution in [3.63, 3.8) is 0 Å². The van der Waals surface area contributed by atoms with E-state index in [2.05, 4.69) is 5.32 Å². The van der Waals surface area contributed by atoms with Gasteiger partial charge in [-0.2, -0.15) is 0 Å². The van der Waals surface area contributed by atoms with Crippen molar-refractivity contribution in [1.82, 2.24) is 10.2 Å². The number of β-lactam (4-membered cyclic amide) rings is 1. The topological polar surface area (TPSA) is 139 Å². The Labute approximate surface area is 198 Å². The number of amides is 2. The Hall–Kier alpha value is -3.86. The van der Waals surface area contributed by atoms with Gasteiger partial charge in [0.2, 0.25) is 0 Å². The number of rotatable bonds is 8. The first-order valence-electron chi connectivity index (χ1n) is 10.4. The number of thioether (sulfide) groups is 1. The van der Waals surface area contributed by atoms with Gasteiger partial charge in [-0.25, -0.2) is 4.79 Å². The first-order valence-corrected chi connectivity index (χ1v) is 11.3. The van der Waals surface area contributed by atoms with Crippen molar-refractivity contribution in [1.29, 1.82) is 0 Å². The molecule has 10 nitrogen and oxygen atoms in total. The Balaban J connectivity index is 1.47. The molecule has 2 aromatic carbocycles. The van der Waals surface area contributed by atoms with Crippen molar-refractivity contribution in [2.24, 2.45) is 0 Å². The lowest BCUT2D eigenvalue weighted by molar-refractivity contribution is -0.384. The average molecular weight is 484 g/mol. The van der Waals surface area contributed by atoms with Crippen molar-refractivity contribution in [2.45, 2.75) is 30.0 Å². The van der Waals surface area contributed by atoms with Gasteiger partial charge in [-0.3, -0.25) is 24.6 Å². The molecule has 0 aromatic heterocycles. The number of para-hydroxylation sites is 1. The van der Waals surface area contributed by atoms with Crippen molar-refractivity contribution < 1.29 is 29.2 Å². The van der Waals surface area contributed by atoms with E-state index in [1.165, 1.54) is 28.8 Å². The number of carbonyl (C=O) groups is 3. The van der Waals surface area contributed by atoms with Gasteiger partial charge in [0.25, 0.3) is 17.5 Å². The molecule has 4 rings (SSSR count). The molecule has 0 saturated carbocycles. The third-order valence-electron chi connectivity index (χ3n) is 5.64. The predicted molar refractivity (Wildman–Crippen MR) is 123 cm³/mol. The Morgan fingerprint density at radius 3 is 2.47 bits per heavy atom. The quantitative estimate of drug-likeness (QED) is 0.331. The highest BCUT2D eigenvalue weighted by Crippen LogP contribution is 2.45. The van der Waals surface area contributed by atoms with E-state index in [4.69, 9.17) is 4.74 Å². The van der Waals surface area contributed by atoms with E-state index in [1.54, 1.807) is 43.3 Å². The van der Waals surface area contributed by atoms with E-state index in [0.717, 1.165) is 5.56 Å². The third-order valence-corrected chi connectivity index (χ3v) is 7.26. The number of aliphatic carboxylic acids is 1. The van der Waals surface area contributed by atoms with Crippen LogP contribution >= 0.6 is 11.8 Å². The minimum absolute atomic E-state index is 0.0326. The Kier molecular flexibility index (Phi) is 6.55. The first-order chi connectivity index (χ1) is 16.3. The summed E-state index contributed by atoms with van der Waals surface area (Å²) in [6.45, 7) is 1.38. The molecule has 0 spiro atoms. The number of nitro benzene ring substituents is 1. The molecule has 0 bridgehead atoms. The average Bonchev–Trinajstić information content (AvgIpc) is 2.83. The zero-order valence-electron chi connectivity index (χ0n) is 18.0. The Bertz CT molecular complexity index is 1170. The minimum Gasteiger partial charge on any atom is -0.484 e. The van der Waals surface area contributed by atoms with Gasteiger partial charge in [-0.05, 0) is 36.6 Å². The highest BCUT2D eigenvalue weighted by atomic mass is 32.2. The molecular formula is C23H21N3O7S. The van der Waals surface area contributed by atoms with Crippen LogP contribution in [0.25, 0.3) is 0 Å². The molecule has 34 heavy (non-hydrogen) atoms. The summed E-state index contributed by atoms with van der Waals surface area (Å²) in [5.41, 5.74) is 1.20. The second-order valence-electron chi connectivity index (χ2n) is 7.83. The summed E-state index contributed by atoms with van der Waals surface area (Å²) in [6, 6.07) is 13.9. The molecular weight excluding hydrogens is 462 g/mol. The standard InChI is InChI=1S/C23H21N3O7S/c1-13-17(11-14-7-9-15(10-8-14)26(31)32)34-22-19(21(28)25(22)20(13)23(29)30)24-18(27)12-33-16-5-3-2-4-6-16/h2-10,17,19,22H,11-12H2,1H3,(H,24,27)(H,29,30)/t17?,19-,22-/m1/s1. The van der Waals surface area contributed by atoms with Gasteiger partial charge in [-0.1, -0.05) is 30.3 Å². The largest absolute Gasteiger partial charge is 0.484 e. The Morgan fingerprint density at radius 2 is 1.85 bits per heavy atom. The number of ether oxygens (including phenoxy) is 1. The van der Waals surface area contributed by atoms with E-state index >= 15 is 0 Å². The molecule has 0 radical (unpaired) electrons. The van der Waals surface area contributed by atoms with Crippen LogP contribution in [-0.4, -0.2) is 56.0 Å². The number of hydrogen-bond acceptors (Lipinski definition) is 7. The lowest BCUT2D eigenvalue weighted by Crippen LogP contribution is -2.71. The van der Waals surface area contributed by atoms with Crippen LogP contribution in [0.15, 0.2) is 65.9 Å². The molecule has 2 aromatic rings. The number of nitrogens with zero attached hydrogens (tertiary/aromatic N) is 2. The SMILES string of the molecule is CC1=C(C(=O)O)N2C(=O)[C@@H](NC(=O)COc3ccccc3)[C@H]2SC1Cc1ccc([N+](=O)[O-])cc1. The predicted octanol–water partition coefficient (Wildman–Crippen LogP) is 2.34. The van der Waals surface area contributed by atoms with Crippen LogP contribution < -0.4 is 10.1 Å². The fraction of sp³-hybridized carbons (Fsp3) is 0.261. The third kappa shape index (κ3) is 4.60. The molecule has 1 unspecified atom stereocenters. The van der Waals surface area contributed by atoms with Gasteiger partial charge in [-0.15, -0.1) is 11.8 Å². The van der Waals surface area contributed by atoms with Crippen LogP contribution in [0.5, 0.6) is 5.75 Å². The van der Waals surface area contributed by atoms with Gasteiger partial charge < -0.3 is 15.2 Å². The lowest BCUT2D eigenvalue weighted by Gasteiger charge is -2.51. The van der Waals surface area contributed by atoms with Crippen LogP contribution in [0.2, 0.25) is 0 Å². The van der Waals surface area contributed by atoms with Gasteiger partial charge in [0.1, 0.15) is 22.9 Å². The summed E-state index contributed by atoms with van der Waals surface area (Å²) < 4.78 is 5.42. The molecule has 2 aliphatic heterocycles. The summed E-state index contributed by atoms with van der Waals surface area (Å²) >= 11 is 1.38. The van der Waals surface area contributed by atoms with E-state index in [0.29, 0.717) is 17.7 Å². The van der Waals surface area contributed by atoms with Crippen molar-refractivity contribution in [2.75, 3.05) is 6.61 Å². The molecule has 1 fully saturated rings. The van der Waals surface area contributed by atoms with E-state index in [9.17, 15) is 29.6 Å². The number of fused-ring (bicyclic) bond motifs is 1. The zero-order valence-corrected chi connectivity index (χ0v) is 18.9. The number of hydrogen-bond donors (Lipinski definition) is 2. The molecule has 2 amide bonds. The summed E-state index contributed by atoms with van der Waals surface area (Å²) in [6.07, 6.45) is 0.418. The summed E-state index contributed by atoms with van der Waals surface area (Å²) in [4.78, 5) is 48.7. The maximum Gasteiger partial charge on any atom is 0.352 e. The molecule has 3 atom stereocenters. The highest BCUT2D eigenvalue weighted by Gasteiger charge is 2.55. The molecule has 0 aliphatic carbocycles. The monoisotopic (exact) mass is 483 g/mol. The van der Waals surface area contributed by atoms with Crippen LogP contribution in [0.1, 0.15) is 12.5 Å². The minimum atomic E-state index is -1.22. The van der Waals surface area contributed by atoms with Crippen molar-refractivity contribution in [3.05, 3.63) is 81.5 Å². The van der Waals surface area contributed by atoms with Crippen LogP contribution in [0, 0.1) is 10.1 Å². The maximum absolute atomic E-state index is 12.7. The van der Waals surface area contributed by atoms with Gasteiger partial charge in [0.05, 0.1) is 4.92 Å². The maximum atomic E-state index is 12.7. The van der Waals surface area contributed by atoms with Crippen molar-refractivity contribution >= 4 is 35.2 Å². The van der Waals surface area contributed by atoms with Gasteiger partial charge in [0, 0.05) is 17.4 Å². The number of carboxylic acids is 1. The number of carboxylic acid groups (broad SMARTS) is 1. The van der Waals surface area contributed by atoms with E-state index < -0.39 is 34.1 Å². The second kappa shape index (κ2) is 9.56. The zero-order chi connectivity index (χ0) is 24.4. The number of non-ortho nitro benzene ring substituents is 1. The first kappa shape index (κ1) is 23.3. The number of benzene rings is 2.